The van der Waals surface area contributed by atoms with E-state index >= 15 is 0 Å². The van der Waals surface area contributed by atoms with Crippen LogP contribution in [0.25, 0.3) is 0 Å². The molecular formula is C27H41N3O9. The van der Waals surface area contributed by atoms with Gasteiger partial charge in [-0.1, -0.05) is 50.1 Å². The van der Waals surface area contributed by atoms with E-state index in [1.807, 2.05) is 37.3 Å². The molecule has 1 aliphatic rings. The van der Waals surface area contributed by atoms with E-state index < -0.39 is 23.1 Å². The normalized spacial score (nSPS) is 18.6. The molecule has 0 aromatic heterocycles. The molecule has 12 heteroatoms. The maximum Gasteiger partial charge on any atom is 0.323 e. The van der Waals surface area contributed by atoms with Crippen molar-refractivity contribution >= 4 is 17.7 Å². The van der Waals surface area contributed by atoms with E-state index in [0.29, 0.717) is 12.8 Å². The quantitative estimate of drug-likeness (QED) is 0.148. The number of carbonyl (C=O) groups excluding carboxylic acids is 2. The summed E-state index contributed by atoms with van der Waals surface area (Å²) in [6, 6.07) is 8.07. The monoisotopic (exact) mass is 551 g/mol. The number of benzene rings is 1. The highest BCUT2D eigenvalue weighted by atomic mass is 17.0. The minimum absolute atomic E-state index is 0.0195. The van der Waals surface area contributed by atoms with Gasteiger partial charge in [-0.3, -0.25) is 19.7 Å². The second-order valence-corrected chi connectivity index (χ2v) is 9.84. The fourth-order valence-electron chi connectivity index (χ4n) is 4.84. The molecule has 0 saturated heterocycles. The van der Waals surface area contributed by atoms with Gasteiger partial charge in [0.25, 0.3) is 5.09 Å². The van der Waals surface area contributed by atoms with Crippen molar-refractivity contribution < 1.29 is 38.9 Å². The molecule has 0 heterocycles. The molecule has 4 unspecified atom stereocenters. The Labute approximate surface area is 229 Å². The predicted molar refractivity (Wildman–Crippen MR) is 142 cm³/mol. The van der Waals surface area contributed by atoms with Crippen LogP contribution in [0.5, 0.6) is 0 Å². The molecule has 1 amide bonds. The number of carboxylic acids is 1. The number of nitrogens with zero attached hydrogens (tertiary/aromatic N) is 2. The fraction of sp³-hybridized carbons (Fsp3) is 0.667. The molecule has 0 spiro atoms. The van der Waals surface area contributed by atoms with Crippen molar-refractivity contribution in [3.63, 3.8) is 0 Å². The van der Waals surface area contributed by atoms with Gasteiger partial charge in [0.05, 0.1) is 31.9 Å². The number of nitrogens with one attached hydrogen (secondary N) is 1. The van der Waals surface area contributed by atoms with Crippen molar-refractivity contribution in [2.24, 2.45) is 5.92 Å². The first-order chi connectivity index (χ1) is 18.7. The molecule has 1 aliphatic carbocycles. The van der Waals surface area contributed by atoms with Crippen LogP contribution in [0.4, 0.5) is 0 Å². The van der Waals surface area contributed by atoms with Crippen LogP contribution in [-0.4, -0.2) is 90.5 Å². The summed E-state index contributed by atoms with van der Waals surface area (Å²) >= 11 is 0. The van der Waals surface area contributed by atoms with Crippen LogP contribution in [0, 0.1) is 16.0 Å². The molecule has 218 valence electrons. The maximum atomic E-state index is 13.5. The number of aryl methyl sites for hydroxylation is 1. The van der Waals surface area contributed by atoms with Gasteiger partial charge < -0.3 is 24.3 Å². The molecule has 39 heavy (non-hydrogen) atoms. The average molecular weight is 552 g/mol. The van der Waals surface area contributed by atoms with Crippen molar-refractivity contribution in [3.05, 3.63) is 46.0 Å². The summed E-state index contributed by atoms with van der Waals surface area (Å²) in [5.74, 6) is -1.44. The number of amides is 1. The fourth-order valence-corrected chi connectivity index (χ4v) is 4.84. The third-order valence-corrected chi connectivity index (χ3v) is 6.87. The van der Waals surface area contributed by atoms with E-state index in [1.165, 1.54) is 4.90 Å². The Hall–Kier alpha value is -3.09. The van der Waals surface area contributed by atoms with Gasteiger partial charge >= 0.3 is 5.97 Å². The molecule has 2 rings (SSSR count). The zero-order valence-corrected chi connectivity index (χ0v) is 22.8. The first-order valence-electron chi connectivity index (χ1n) is 13.5. The molecule has 4 atom stereocenters. The van der Waals surface area contributed by atoms with Crippen LogP contribution in [0.2, 0.25) is 0 Å². The Morgan fingerprint density at radius 2 is 1.77 bits per heavy atom. The Morgan fingerprint density at radius 1 is 1.10 bits per heavy atom. The first-order valence-corrected chi connectivity index (χ1v) is 13.5. The van der Waals surface area contributed by atoms with E-state index in [9.17, 15) is 29.6 Å². The molecule has 1 aromatic rings. The lowest BCUT2D eigenvalue weighted by atomic mass is 9.84. The second kappa shape index (κ2) is 17.5. The summed E-state index contributed by atoms with van der Waals surface area (Å²) in [6.07, 6.45) is 4.74. The lowest BCUT2D eigenvalue weighted by molar-refractivity contribution is -0.758. The van der Waals surface area contributed by atoms with Crippen molar-refractivity contribution in [1.82, 2.24) is 10.2 Å². The van der Waals surface area contributed by atoms with E-state index in [4.69, 9.17) is 9.47 Å². The standard InChI is InChI=1S/C27H41N3O9/c1-20-8-6-7-11-24(20)29(18-26(32)33)27(34)21(2)28-23(13-12-22-9-4-3-5-10-22)25(31)19-38-15-14-37-16-17-39-30(35)36/h3-5,9-10,20-21,23-24,28H,6-8,11-19H2,1-2H3,(H,32,33). The molecule has 0 bridgehead atoms. The number of Topliss-reactive ketones (excluding diaryl/α,β-unsaturated/α-hetero) is 1. The number of ketones is 1. The largest absolute Gasteiger partial charge is 0.480 e. The van der Waals surface area contributed by atoms with Gasteiger partial charge in [-0.2, -0.15) is 0 Å². The topological polar surface area (TPSA) is 158 Å². The van der Waals surface area contributed by atoms with Crippen molar-refractivity contribution in [2.45, 2.75) is 70.5 Å². The van der Waals surface area contributed by atoms with Gasteiger partial charge in [-0.25, -0.2) is 0 Å². The number of rotatable bonds is 19. The third-order valence-electron chi connectivity index (χ3n) is 6.87. The number of carbonyl (C=O) groups is 3. The molecule has 12 nitrogen and oxygen atoms in total. The number of aliphatic carboxylic acids is 1. The SMILES string of the molecule is CC(NC(CCc1ccccc1)C(=O)COCCOCCO[N+](=O)[O-])C(=O)N(CC(=O)O)C1CCCCC1C. The van der Waals surface area contributed by atoms with Gasteiger partial charge in [-0.15, -0.1) is 10.1 Å². The summed E-state index contributed by atoms with van der Waals surface area (Å²) in [6.45, 7) is 3.19. The highest BCUT2D eigenvalue weighted by Crippen LogP contribution is 2.28. The minimum Gasteiger partial charge on any atom is -0.480 e. The second-order valence-electron chi connectivity index (χ2n) is 9.84. The number of ether oxygens (including phenoxy) is 2. The third kappa shape index (κ3) is 12.1. The Balaban J connectivity index is 1.98. The number of hydrogen-bond acceptors (Lipinski definition) is 9. The number of carboxylic acid groups (broad SMARTS) is 1. The molecule has 0 aliphatic heterocycles. The highest BCUT2D eigenvalue weighted by molar-refractivity contribution is 5.88. The molecule has 0 radical (unpaired) electrons. The first kappa shape index (κ1) is 32.1. The van der Waals surface area contributed by atoms with Gasteiger partial charge in [-0.05, 0) is 44.1 Å². The van der Waals surface area contributed by atoms with Crippen LogP contribution in [-0.2, 0) is 35.1 Å². The van der Waals surface area contributed by atoms with Gasteiger partial charge in [0.15, 0.2) is 5.78 Å². The Kier molecular flexibility index (Phi) is 14.4. The summed E-state index contributed by atoms with van der Waals surface area (Å²) in [4.78, 5) is 53.9. The molecule has 1 fully saturated rings. The molecule has 2 N–H and O–H groups in total. The van der Waals surface area contributed by atoms with Crippen LogP contribution in [0.3, 0.4) is 0 Å². The summed E-state index contributed by atoms with van der Waals surface area (Å²) in [5, 5.41) is 21.9. The summed E-state index contributed by atoms with van der Waals surface area (Å²) in [7, 11) is 0. The van der Waals surface area contributed by atoms with E-state index in [0.717, 1.165) is 31.2 Å². The zero-order chi connectivity index (χ0) is 28.6. The predicted octanol–water partition coefficient (Wildman–Crippen LogP) is 2.27. The lowest BCUT2D eigenvalue weighted by Crippen LogP contribution is -2.56. The molecule has 1 aromatic carbocycles. The maximum absolute atomic E-state index is 13.5. The van der Waals surface area contributed by atoms with Gasteiger partial charge in [0, 0.05) is 6.04 Å². The van der Waals surface area contributed by atoms with E-state index in [1.54, 1.807) is 6.92 Å². The Morgan fingerprint density at radius 3 is 2.44 bits per heavy atom. The van der Waals surface area contributed by atoms with Crippen LogP contribution >= 0.6 is 0 Å². The molecule has 1 saturated carbocycles. The van der Waals surface area contributed by atoms with E-state index in [-0.39, 0.29) is 63.2 Å². The summed E-state index contributed by atoms with van der Waals surface area (Å²) < 4.78 is 10.6. The van der Waals surface area contributed by atoms with Crippen LogP contribution in [0.1, 0.15) is 51.5 Å². The smallest absolute Gasteiger partial charge is 0.323 e. The number of hydrogen-bond donors (Lipinski definition) is 2. The minimum atomic E-state index is -1.06. The highest BCUT2D eigenvalue weighted by Gasteiger charge is 2.35. The van der Waals surface area contributed by atoms with Gasteiger partial charge in [0.1, 0.15) is 19.8 Å². The Bertz CT molecular complexity index is 915. The zero-order valence-electron chi connectivity index (χ0n) is 22.8. The van der Waals surface area contributed by atoms with Crippen molar-refractivity contribution in [2.75, 3.05) is 39.6 Å². The molecular weight excluding hydrogens is 510 g/mol. The summed E-state index contributed by atoms with van der Waals surface area (Å²) in [5.41, 5.74) is 1.05. The van der Waals surface area contributed by atoms with Crippen LogP contribution in [0.15, 0.2) is 30.3 Å². The van der Waals surface area contributed by atoms with Crippen molar-refractivity contribution in [3.8, 4) is 0 Å². The van der Waals surface area contributed by atoms with Crippen LogP contribution < -0.4 is 5.32 Å². The van der Waals surface area contributed by atoms with Gasteiger partial charge in [0.2, 0.25) is 5.91 Å². The van der Waals surface area contributed by atoms with E-state index in [2.05, 4.69) is 10.2 Å². The van der Waals surface area contributed by atoms with Crippen molar-refractivity contribution in [1.29, 1.82) is 0 Å². The lowest BCUT2D eigenvalue weighted by Gasteiger charge is -2.39. The average Bonchev–Trinajstić information content (AvgIpc) is 2.91.